The lowest BCUT2D eigenvalue weighted by Gasteiger charge is -2.02. The van der Waals surface area contributed by atoms with Crippen molar-refractivity contribution >= 4 is 5.90 Å². The largest absolute Gasteiger partial charge is 0.479 e. The number of hydrogen-bond acceptors (Lipinski definition) is 2. The van der Waals surface area contributed by atoms with Gasteiger partial charge in [0.1, 0.15) is 6.61 Å². The molecule has 0 bridgehead atoms. The van der Waals surface area contributed by atoms with E-state index < -0.39 is 0 Å². The van der Waals surface area contributed by atoms with E-state index in [9.17, 15) is 0 Å². The average Bonchev–Trinajstić information content (AvgIpc) is 2.40. The van der Waals surface area contributed by atoms with Crippen molar-refractivity contribution in [2.45, 2.75) is 13.3 Å². The highest BCUT2D eigenvalue weighted by atomic mass is 16.5. The van der Waals surface area contributed by atoms with Gasteiger partial charge in [-0.25, -0.2) is 0 Å². The number of rotatable bonds is 2. The molecule has 1 atom stereocenters. The maximum Gasteiger partial charge on any atom is 0.184 e. The first-order chi connectivity index (χ1) is 4.83. The molecule has 54 valence electrons. The Bertz CT molecular complexity index is 178. The monoisotopic (exact) mass is 137 g/mol. The Balaban J connectivity index is 2.32. The second-order valence-electron chi connectivity index (χ2n) is 2.40. The smallest absolute Gasteiger partial charge is 0.184 e. The second kappa shape index (κ2) is 3.26. The molecule has 1 unspecified atom stereocenters. The Morgan fingerprint density at radius 2 is 2.70 bits per heavy atom. The van der Waals surface area contributed by atoms with Gasteiger partial charge in [0.15, 0.2) is 5.90 Å². The molecular weight excluding hydrogens is 126 g/mol. The summed E-state index contributed by atoms with van der Waals surface area (Å²) in [5.41, 5.74) is 0. The minimum absolute atomic E-state index is 0.247. The lowest BCUT2D eigenvalue weighted by atomic mass is 10.1. The Morgan fingerprint density at radius 1 is 1.90 bits per heavy atom. The van der Waals surface area contributed by atoms with Crippen LogP contribution in [0.5, 0.6) is 0 Å². The van der Waals surface area contributed by atoms with Gasteiger partial charge in [0.05, 0.1) is 6.54 Å². The van der Waals surface area contributed by atoms with Crippen molar-refractivity contribution in [2.24, 2.45) is 10.9 Å². The minimum atomic E-state index is 0.247. The third-order valence-corrected chi connectivity index (χ3v) is 1.41. The first kappa shape index (κ1) is 7.14. The van der Waals surface area contributed by atoms with E-state index in [0.717, 1.165) is 25.5 Å². The Morgan fingerprint density at radius 3 is 3.20 bits per heavy atom. The van der Waals surface area contributed by atoms with Gasteiger partial charge in [-0.2, -0.15) is 0 Å². The summed E-state index contributed by atoms with van der Waals surface area (Å²) in [5.74, 6) is 3.70. The number of nitrogens with zero attached hydrogens (tertiary/aromatic N) is 1. The van der Waals surface area contributed by atoms with Crippen LogP contribution in [0.2, 0.25) is 0 Å². The SMILES string of the molecule is C#CC(C)CC1=NCCO1. The Labute approximate surface area is 61.3 Å². The molecule has 0 saturated carbocycles. The van der Waals surface area contributed by atoms with E-state index >= 15 is 0 Å². The van der Waals surface area contributed by atoms with Crippen LogP contribution in [-0.4, -0.2) is 19.0 Å². The number of ether oxygens (including phenoxy) is 1. The van der Waals surface area contributed by atoms with Crippen molar-refractivity contribution in [3.8, 4) is 12.3 Å². The summed E-state index contributed by atoms with van der Waals surface area (Å²) in [4.78, 5) is 4.12. The van der Waals surface area contributed by atoms with E-state index in [-0.39, 0.29) is 5.92 Å². The van der Waals surface area contributed by atoms with Crippen LogP contribution in [0.4, 0.5) is 0 Å². The second-order valence-corrected chi connectivity index (χ2v) is 2.40. The molecule has 0 N–H and O–H groups in total. The van der Waals surface area contributed by atoms with Gasteiger partial charge in [-0.3, -0.25) is 4.99 Å². The fourth-order valence-corrected chi connectivity index (χ4v) is 0.824. The normalized spacial score (nSPS) is 19.0. The zero-order valence-corrected chi connectivity index (χ0v) is 6.13. The molecule has 0 amide bonds. The van der Waals surface area contributed by atoms with Gasteiger partial charge in [-0.1, -0.05) is 6.92 Å². The molecule has 1 aliphatic rings. The number of hydrogen-bond donors (Lipinski definition) is 0. The van der Waals surface area contributed by atoms with Crippen molar-refractivity contribution in [2.75, 3.05) is 13.2 Å². The van der Waals surface area contributed by atoms with Gasteiger partial charge in [0.25, 0.3) is 0 Å². The fourth-order valence-electron chi connectivity index (χ4n) is 0.824. The molecule has 0 radical (unpaired) electrons. The third kappa shape index (κ3) is 1.77. The summed E-state index contributed by atoms with van der Waals surface area (Å²) in [6.07, 6.45) is 5.98. The lowest BCUT2D eigenvalue weighted by Crippen LogP contribution is -2.03. The van der Waals surface area contributed by atoms with E-state index in [0.29, 0.717) is 0 Å². The maximum atomic E-state index is 5.19. The fraction of sp³-hybridized carbons (Fsp3) is 0.625. The van der Waals surface area contributed by atoms with Crippen LogP contribution in [0, 0.1) is 18.3 Å². The molecule has 0 aliphatic carbocycles. The molecule has 1 aliphatic heterocycles. The maximum absolute atomic E-state index is 5.19. The lowest BCUT2D eigenvalue weighted by molar-refractivity contribution is 0.335. The zero-order chi connectivity index (χ0) is 7.40. The van der Waals surface area contributed by atoms with Gasteiger partial charge >= 0.3 is 0 Å². The predicted molar refractivity (Wildman–Crippen MR) is 40.9 cm³/mol. The van der Waals surface area contributed by atoms with Crippen LogP contribution in [-0.2, 0) is 4.74 Å². The van der Waals surface area contributed by atoms with Crippen LogP contribution >= 0.6 is 0 Å². The molecule has 1 heterocycles. The van der Waals surface area contributed by atoms with E-state index in [1.54, 1.807) is 0 Å². The van der Waals surface area contributed by atoms with Crippen molar-refractivity contribution in [1.82, 2.24) is 0 Å². The topological polar surface area (TPSA) is 21.6 Å². The molecule has 1 rings (SSSR count). The summed E-state index contributed by atoms with van der Waals surface area (Å²) in [7, 11) is 0. The quantitative estimate of drug-likeness (QED) is 0.522. The Kier molecular flexibility index (Phi) is 2.33. The van der Waals surface area contributed by atoms with Gasteiger partial charge in [-0.15, -0.1) is 12.3 Å². The highest BCUT2D eigenvalue weighted by molar-refractivity contribution is 5.77. The molecule has 0 saturated heterocycles. The van der Waals surface area contributed by atoms with Crippen LogP contribution in [0.1, 0.15) is 13.3 Å². The molecule has 0 fully saturated rings. The van der Waals surface area contributed by atoms with Crippen molar-refractivity contribution in [1.29, 1.82) is 0 Å². The summed E-state index contributed by atoms with van der Waals surface area (Å²) >= 11 is 0. The van der Waals surface area contributed by atoms with Gasteiger partial charge < -0.3 is 4.74 Å². The molecular formula is C8H11NO. The zero-order valence-electron chi connectivity index (χ0n) is 6.13. The van der Waals surface area contributed by atoms with Crippen LogP contribution in [0.15, 0.2) is 4.99 Å². The summed E-state index contributed by atoms with van der Waals surface area (Å²) < 4.78 is 5.18. The molecule has 0 aromatic rings. The summed E-state index contributed by atoms with van der Waals surface area (Å²) in [5, 5.41) is 0. The van der Waals surface area contributed by atoms with E-state index in [2.05, 4.69) is 10.9 Å². The van der Waals surface area contributed by atoms with Crippen LogP contribution in [0.25, 0.3) is 0 Å². The molecule has 0 spiro atoms. The first-order valence-corrected chi connectivity index (χ1v) is 3.45. The first-order valence-electron chi connectivity index (χ1n) is 3.45. The predicted octanol–water partition coefficient (Wildman–Crippen LogP) is 1.07. The van der Waals surface area contributed by atoms with Gasteiger partial charge in [0, 0.05) is 12.3 Å². The van der Waals surface area contributed by atoms with E-state index in [1.807, 2.05) is 6.92 Å². The molecule has 0 aromatic carbocycles. The van der Waals surface area contributed by atoms with Crippen molar-refractivity contribution in [3.63, 3.8) is 0 Å². The van der Waals surface area contributed by atoms with Crippen LogP contribution < -0.4 is 0 Å². The molecule has 10 heavy (non-hydrogen) atoms. The molecule has 2 nitrogen and oxygen atoms in total. The highest BCUT2D eigenvalue weighted by Gasteiger charge is 2.09. The van der Waals surface area contributed by atoms with E-state index in [1.165, 1.54) is 0 Å². The van der Waals surface area contributed by atoms with Crippen molar-refractivity contribution < 1.29 is 4.74 Å². The average molecular weight is 137 g/mol. The number of aliphatic imine (C=N–C) groups is 1. The van der Waals surface area contributed by atoms with Crippen LogP contribution in [0.3, 0.4) is 0 Å². The van der Waals surface area contributed by atoms with Crippen molar-refractivity contribution in [3.05, 3.63) is 0 Å². The third-order valence-electron chi connectivity index (χ3n) is 1.41. The van der Waals surface area contributed by atoms with E-state index in [4.69, 9.17) is 11.2 Å². The molecule has 0 aromatic heterocycles. The standard InChI is InChI=1S/C8H11NO/c1-3-7(2)6-8-9-4-5-10-8/h1,7H,4-6H2,2H3. The summed E-state index contributed by atoms with van der Waals surface area (Å²) in [6, 6.07) is 0. The van der Waals surface area contributed by atoms with Gasteiger partial charge in [0.2, 0.25) is 0 Å². The molecule has 2 heteroatoms. The minimum Gasteiger partial charge on any atom is -0.479 e. The summed E-state index contributed by atoms with van der Waals surface area (Å²) in [6.45, 7) is 3.52. The Hall–Kier alpha value is -0.970. The number of terminal acetylenes is 1. The highest BCUT2D eigenvalue weighted by Crippen LogP contribution is 2.06. The van der Waals surface area contributed by atoms with Gasteiger partial charge in [-0.05, 0) is 0 Å².